The van der Waals surface area contributed by atoms with Crippen LogP contribution in [0.1, 0.15) is 60.0 Å². The van der Waals surface area contributed by atoms with Crippen molar-refractivity contribution in [3.8, 4) is 11.1 Å². The van der Waals surface area contributed by atoms with Gasteiger partial charge in [-0.3, -0.25) is 0 Å². The number of aliphatic hydroxyl groups is 1. The number of hydrogen-bond donors (Lipinski definition) is 2. The Morgan fingerprint density at radius 1 is 0.889 bits per heavy atom. The second kappa shape index (κ2) is 6.20. The molecule has 0 saturated heterocycles. The first-order valence-electron chi connectivity index (χ1n) is 10.1. The van der Waals surface area contributed by atoms with E-state index in [1.807, 2.05) is 12.1 Å². The highest BCUT2D eigenvalue weighted by molar-refractivity contribution is 5.88. The topological polar surface area (TPSA) is 57.5 Å². The van der Waals surface area contributed by atoms with Gasteiger partial charge in [-0.05, 0) is 96.1 Å². The first-order chi connectivity index (χ1) is 13.1. The monoisotopic (exact) mass is 362 g/mol. The van der Waals surface area contributed by atoms with Gasteiger partial charge in [0.15, 0.2) is 0 Å². The summed E-state index contributed by atoms with van der Waals surface area (Å²) in [5.74, 6) is 1.69. The van der Waals surface area contributed by atoms with Gasteiger partial charge in [-0.1, -0.05) is 30.3 Å². The maximum Gasteiger partial charge on any atom is 0.335 e. The van der Waals surface area contributed by atoms with Crippen LogP contribution in [-0.4, -0.2) is 16.2 Å². The highest BCUT2D eigenvalue weighted by atomic mass is 16.4. The molecule has 27 heavy (non-hydrogen) atoms. The van der Waals surface area contributed by atoms with E-state index in [0.717, 1.165) is 34.4 Å². The summed E-state index contributed by atoms with van der Waals surface area (Å²) < 4.78 is 0. The molecule has 3 heteroatoms. The van der Waals surface area contributed by atoms with Crippen LogP contribution in [0.5, 0.6) is 0 Å². The zero-order valence-electron chi connectivity index (χ0n) is 15.5. The number of carboxylic acids is 1. The van der Waals surface area contributed by atoms with E-state index in [9.17, 15) is 9.90 Å². The minimum atomic E-state index is -0.897. The Kier molecular flexibility index (Phi) is 3.90. The third kappa shape index (κ3) is 2.80. The number of carbonyl (C=O) groups is 1. The van der Waals surface area contributed by atoms with Gasteiger partial charge in [-0.2, -0.15) is 0 Å². The SMILES string of the molecule is O=C(O)c1ccc(-c2ccc(CO)c(C34CC5CC(CC(C5)C3)C4)c2)cc1. The van der Waals surface area contributed by atoms with Crippen LogP contribution in [0.15, 0.2) is 42.5 Å². The van der Waals surface area contributed by atoms with Crippen LogP contribution in [0.3, 0.4) is 0 Å². The number of rotatable bonds is 4. The molecule has 6 rings (SSSR count). The van der Waals surface area contributed by atoms with E-state index in [-0.39, 0.29) is 12.0 Å². The zero-order valence-corrected chi connectivity index (χ0v) is 15.5. The lowest BCUT2D eigenvalue weighted by Crippen LogP contribution is -2.49. The molecule has 0 unspecified atom stereocenters. The third-order valence-corrected chi connectivity index (χ3v) is 7.35. The molecule has 4 aliphatic carbocycles. The van der Waals surface area contributed by atoms with Crippen LogP contribution in [0, 0.1) is 17.8 Å². The van der Waals surface area contributed by atoms with E-state index < -0.39 is 5.97 Å². The average molecular weight is 362 g/mol. The molecule has 0 spiro atoms. The summed E-state index contributed by atoms with van der Waals surface area (Å²) >= 11 is 0. The molecule has 0 aromatic heterocycles. The standard InChI is InChI=1S/C24H26O3/c25-14-21-6-5-20(18-1-3-19(4-2-18)23(26)27)10-22(21)24-11-15-7-16(12-24)9-17(8-15)13-24/h1-6,10,15-17,25H,7-9,11-14H2,(H,26,27). The van der Waals surface area contributed by atoms with Gasteiger partial charge in [-0.25, -0.2) is 4.79 Å². The third-order valence-electron chi connectivity index (χ3n) is 7.35. The van der Waals surface area contributed by atoms with Crippen LogP contribution in [0.2, 0.25) is 0 Å². The Balaban J connectivity index is 1.56. The van der Waals surface area contributed by atoms with Crippen molar-refractivity contribution in [1.29, 1.82) is 0 Å². The average Bonchev–Trinajstić information content (AvgIpc) is 2.66. The predicted molar refractivity (Wildman–Crippen MR) is 105 cm³/mol. The molecule has 0 heterocycles. The van der Waals surface area contributed by atoms with E-state index >= 15 is 0 Å². The normalized spacial score (nSPS) is 31.2. The van der Waals surface area contributed by atoms with Gasteiger partial charge in [0.1, 0.15) is 0 Å². The van der Waals surface area contributed by atoms with Gasteiger partial charge >= 0.3 is 5.97 Å². The zero-order chi connectivity index (χ0) is 18.6. The fraction of sp³-hybridized carbons (Fsp3) is 0.458. The number of carboxylic acid groups (broad SMARTS) is 1. The molecule has 140 valence electrons. The van der Waals surface area contributed by atoms with Crippen molar-refractivity contribution in [2.75, 3.05) is 0 Å². The van der Waals surface area contributed by atoms with Gasteiger partial charge in [0.2, 0.25) is 0 Å². The van der Waals surface area contributed by atoms with Crippen molar-refractivity contribution in [3.63, 3.8) is 0 Å². The summed E-state index contributed by atoms with van der Waals surface area (Å²) in [6, 6.07) is 13.5. The summed E-state index contributed by atoms with van der Waals surface area (Å²) in [4.78, 5) is 11.1. The fourth-order valence-electron chi connectivity index (χ4n) is 6.63. The molecular weight excluding hydrogens is 336 g/mol. The first-order valence-corrected chi connectivity index (χ1v) is 10.1. The van der Waals surface area contributed by atoms with Gasteiger partial charge < -0.3 is 10.2 Å². The molecule has 4 saturated carbocycles. The van der Waals surface area contributed by atoms with Crippen molar-refractivity contribution in [2.24, 2.45) is 17.8 Å². The molecule has 0 atom stereocenters. The quantitative estimate of drug-likeness (QED) is 0.804. The summed E-state index contributed by atoms with van der Waals surface area (Å²) in [7, 11) is 0. The number of hydrogen-bond acceptors (Lipinski definition) is 2. The Morgan fingerprint density at radius 2 is 1.44 bits per heavy atom. The Bertz CT molecular complexity index is 846. The highest BCUT2D eigenvalue weighted by Gasteiger charge is 2.52. The smallest absolute Gasteiger partial charge is 0.335 e. The van der Waals surface area contributed by atoms with Crippen molar-refractivity contribution >= 4 is 5.97 Å². The molecule has 2 aromatic carbocycles. The lowest BCUT2D eigenvalue weighted by Gasteiger charge is -2.57. The van der Waals surface area contributed by atoms with Crippen molar-refractivity contribution in [3.05, 3.63) is 59.2 Å². The summed E-state index contributed by atoms with van der Waals surface area (Å²) in [5.41, 5.74) is 5.13. The molecule has 2 N–H and O–H groups in total. The van der Waals surface area contributed by atoms with Crippen LogP contribution in [0.25, 0.3) is 11.1 Å². The van der Waals surface area contributed by atoms with E-state index in [0.29, 0.717) is 5.56 Å². The van der Waals surface area contributed by atoms with Gasteiger partial charge in [0.25, 0.3) is 0 Å². The fourth-order valence-corrected chi connectivity index (χ4v) is 6.63. The molecule has 3 nitrogen and oxygen atoms in total. The molecular formula is C24H26O3. The van der Waals surface area contributed by atoms with E-state index in [4.69, 9.17) is 5.11 Å². The number of aromatic carboxylic acids is 1. The molecule has 2 aromatic rings. The maximum atomic E-state index is 11.1. The highest BCUT2D eigenvalue weighted by Crippen LogP contribution is 2.61. The molecule has 0 radical (unpaired) electrons. The van der Waals surface area contributed by atoms with Gasteiger partial charge in [0, 0.05) is 0 Å². The second-order valence-corrected chi connectivity index (χ2v) is 9.11. The molecule has 4 aliphatic rings. The van der Waals surface area contributed by atoms with Crippen molar-refractivity contribution < 1.29 is 15.0 Å². The van der Waals surface area contributed by atoms with Crippen molar-refractivity contribution in [1.82, 2.24) is 0 Å². The van der Waals surface area contributed by atoms with Crippen LogP contribution >= 0.6 is 0 Å². The lowest BCUT2D eigenvalue weighted by molar-refractivity contribution is -0.00600. The predicted octanol–water partition coefficient (Wildman–Crippen LogP) is 5.01. The van der Waals surface area contributed by atoms with Crippen LogP contribution in [0.4, 0.5) is 0 Å². The number of aliphatic hydroxyl groups excluding tert-OH is 1. The summed E-state index contributed by atoms with van der Waals surface area (Å²) in [6.07, 6.45) is 8.03. The second-order valence-electron chi connectivity index (χ2n) is 9.11. The minimum absolute atomic E-state index is 0.0926. The van der Waals surface area contributed by atoms with E-state index in [1.54, 1.807) is 12.1 Å². The Morgan fingerprint density at radius 3 is 1.96 bits per heavy atom. The van der Waals surface area contributed by atoms with Crippen LogP contribution < -0.4 is 0 Å². The lowest BCUT2D eigenvalue weighted by atomic mass is 9.47. The van der Waals surface area contributed by atoms with Crippen LogP contribution in [-0.2, 0) is 12.0 Å². The molecule has 4 fully saturated rings. The van der Waals surface area contributed by atoms with Crippen molar-refractivity contribution in [2.45, 2.75) is 50.5 Å². The Hall–Kier alpha value is -2.13. The number of benzene rings is 2. The maximum absolute atomic E-state index is 11.1. The molecule has 0 aliphatic heterocycles. The summed E-state index contributed by atoms with van der Waals surface area (Å²) in [5, 5.41) is 19.1. The van der Waals surface area contributed by atoms with E-state index in [2.05, 4.69) is 18.2 Å². The first kappa shape index (κ1) is 17.0. The molecule has 4 bridgehead atoms. The minimum Gasteiger partial charge on any atom is -0.478 e. The van der Waals surface area contributed by atoms with Gasteiger partial charge in [-0.15, -0.1) is 0 Å². The largest absolute Gasteiger partial charge is 0.478 e. The molecule has 0 amide bonds. The van der Waals surface area contributed by atoms with E-state index in [1.165, 1.54) is 44.1 Å². The summed E-state index contributed by atoms with van der Waals surface area (Å²) in [6.45, 7) is 0.0926. The van der Waals surface area contributed by atoms with Gasteiger partial charge in [0.05, 0.1) is 12.2 Å². The Labute approximate surface area is 160 Å².